The number of hydrogen-bond donors (Lipinski definition) is 3. The van der Waals surface area contributed by atoms with Gasteiger partial charge in [-0.25, -0.2) is 9.82 Å². The third-order valence-electron chi connectivity index (χ3n) is 3.70. The molecule has 0 aliphatic carbocycles. The van der Waals surface area contributed by atoms with E-state index in [0.29, 0.717) is 13.1 Å². The molecule has 3 aromatic rings. The molecule has 0 saturated carbocycles. The van der Waals surface area contributed by atoms with Gasteiger partial charge in [0, 0.05) is 13.1 Å². The van der Waals surface area contributed by atoms with Gasteiger partial charge < -0.3 is 11.1 Å². The minimum Gasteiger partial charge on any atom is -0.353 e. The molecule has 9 heteroatoms. The Kier molecular flexibility index (Phi) is 6.46. The lowest BCUT2D eigenvalue weighted by Gasteiger charge is -2.09. The van der Waals surface area contributed by atoms with E-state index in [1.807, 2.05) is 31.2 Å². The Morgan fingerprint density at radius 2 is 1.86 bits per heavy atom. The zero-order valence-electron chi connectivity index (χ0n) is 15.2. The minimum atomic E-state index is -0.530. The van der Waals surface area contributed by atoms with Gasteiger partial charge >= 0.3 is 0 Å². The first-order chi connectivity index (χ1) is 13.6. The summed E-state index contributed by atoms with van der Waals surface area (Å²) in [6.07, 6.45) is 1.63. The summed E-state index contributed by atoms with van der Waals surface area (Å²) in [4.78, 5) is 12.7. The van der Waals surface area contributed by atoms with E-state index in [4.69, 9.17) is 17.3 Å². The maximum atomic E-state index is 14.3. The van der Waals surface area contributed by atoms with Crippen molar-refractivity contribution in [2.24, 2.45) is 10.8 Å². The van der Waals surface area contributed by atoms with Crippen molar-refractivity contribution in [1.82, 2.24) is 15.0 Å². The average Bonchev–Trinajstić information content (AvgIpc) is 2.68. The van der Waals surface area contributed by atoms with Gasteiger partial charge in [-0.3, -0.25) is 0 Å². The van der Waals surface area contributed by atoms with E-state index in [9.17, 15) is 4.39 Å². The fourth-order valence-corrected chi connectivity index (χ4v) is 2.58. The van der Waals surface area contributed by atoms with Crippen LogP contribution in [0.1, 0.15) is 11.1 Å². The third kappa shape index (κ3) is 4.99. The van der Waals surface area contributed by atoms with Gasteiger partial charge in [-0.1, -0.05) is 47.5 Å². The molecule has 0 radical (unpaired) electrons. The van der Waals surface area contributed by atoms with E-state index < -0.39 is 5.82 Å². The van der Waals surface area contributed by atoms with Crippen molar-refractivity contribution in [1.29, 1.82) is 0 Å². The van der Waals surface area contributed by atoms with E-state index in [1.165, 1.54) is 12.1 Å². The summed E-state index contributed by atoms with van der Waals surface area (Å²) in [5, 5.41) is 7.29. The number of hydrazone groups is 1. The molecule has 0 spiro atoms. The first-order valence-electron chi connectivity index (χ1n) is 8.57. The number of aromatic nitrogens is 3. The smallest absolute Gasteiger partial charge is 0.248 e. The lowest BCUT2D eigenvalue weighted by atomic mass is 10.2. The Morgan fingerprint density at radius 1 is 1.11 bits per heavy atom. The molecule has 0 saturated heterocycles. The molecule has 0 aliphatic rings. The molecule has 7 nitrogen and oxygen atoms in total. The first kappa shape index (κ1) is 19.7. The van der Waals surface area contributed by atoms with Crippen LogP contribution in [0.2, 0.25) is 5.02 Å². The molecule has 144 valence electrons. The molecular formula is C19H19ClFN7. The topological polar surface area (TPSA) is 101 Å². The zero-order chi connectivity index (χ0) is 19.9. The molecular weight excluding hydrogens is 381 g/mol. The predicted molar refractivity (Wildman–Crippen MR) is 110 cm³/mol. The normalized spacial score (nSPS) is 11.0. The van der Waals surface area contributed by atoms with Gasteiger partial charge in [-0.2, -0.15) is 20.1 Å². The van der Waals surface area contributed by atoms with Crippen molar-refractivity contribution in [2.75, 3.05) is 23.8 Å². The summed E-state index contributed by atoms with van der Waals surface area (Å²) < 4.78 is 14.3. The molecule has 0 aliphatic heterocycles. The molecule has 0 fully saturated rings. The van der Waals surface area contributed by atoms with Crippen LogP contribution in [0.4, 0.5) is 16.3 Å². The Labute approximate surface area is 166 Å². The molecule has 28 heavy (non-hydrogen) atoms. The van der Waals surface area contributed by atoms with Crippen LogP contribution in [0.15, 0.2) is 47.6 Å². The average molecular weight is 400 g/mol. The van der Waals surface area contributed by atoms with Gasteiger partial charge in [-0.15, -0.1) is 0 Å². The lowest BCUT2D eigenvalue weighted by molar-refractivity contribution is 0.630. The van der Waals surface area contributed by atoms with E-state index >= 15 is 0 Å². The summed E-state index contributed by atoms with van der Waals surface area (Å²) in [5.41, 5.74) is 10.4. The van der Waals surface area contributed by atoms with Crippen molar-refractivity contribution in [3.8, 4) is 11.4 Å². The summed E-state index contributed by atoms with van der Waals surface area (Å²) in [6, 6.07) is 12.2. The number of rotatable bonds is 7. The van der Waals surface area contributed by atoms with Crippen LogP contribution in [0.3, 0.4) is 0 Å². The van der Waals surface area contributed by atoms with Crippen molar-refractivity contribution < 1.29 is 4.39 Å². The maximum absolute atomic E-state index is 14.3. The molecule has 1 aromatic heterocycles. The quantitative estimate of drug-likeness (QED) is 0.415. The van der Waals surface area contributed by atoms with Gasteiger partial charge in [0.2, 0.25) is 11.9 Å². The highest BCUT2D eigenvalue weighted by Crippen LogP contribution is 2.29. The summed E-state index contributed by atoms with van der Waals surface area (Å²) in [7, 11) is 0. The van der Waals surface area contributed by atoms with E-state index in [-0.39, 0.29) is 28.3 Å². The second kappa shape index (κ2) is 9.20. The largest absolute Gasteiger partial charge is 0.353 e. The molecule has 2 aromatic carbocycles. The van der Waals surface area contributed by atoms with Gasteiger partial charge in [0.15, 0.2) is 5.82 Å². The molecule has 0 amide bonds. The van der Waals surface area contributed by atoms with Crippen LogP contribution >= 0.6 is 11.6 Å². The lowest BCUT2D eigenvalue weighted by Crippen LogP contribution is -2.16. The number of halogens is 2. The number of hydrogen-bond acceptors (Lipinski definition) is 7. The highest BCUT2D eigenvalue weighted by atomic mass is 35.5. The SMILES string of the molecule is Cc1ccc(/C=N/Nc2nc(NCCN)nc(-c3c(F)cccc3Cl)n2)cc1. The van der Waals surface area contributed by atoms with E-state index in [2.05, 4.69) is 30.8 Å². The van der Waals surface area contributed by atoms with Crippen LogP contribution in [-0.2, 0) is 0 Å². The Bertz CT molecular complexity index is 956. The number of benzene rings is 2. The molecule has 3 rings (SSSR count). The monoisotopic (exact) mass is 399 g/mol. The van der Waals surface area contributed by atoms with Crippen LogP contribution in [0, 0.1) is 12.7 Å². The van der Waals surface area contributed by atoms with Crippen LogP contribution in [0.5, 0.6) is 0 Å². The Hall–Kier alpha value is -3.10. The van der Waals surface area contributed by atoms with Gasteiger partial charge in [0.25, 0.3) is 0 Å². The summed E-state index contributed by atoms with van der Waals surface area (Å²) >= 11 is 6.14. The highest BCUT2D eigenvalue weighted by Gasteiger charge is 2.15. The Morgan fingerprint density at radius 3 is 2.57 bits per heavy atom. The van der Waals surface area contributed by atoms with Crippen molar-refractivity contribution in [2.45, 2.75) is 6.92 Å². The maximum Gasteiger partial charge on any atom is 0.248 e. The van der Waals surface area contributed by atoms with Crippen LogP contribution in [-0.4, -0.2) is 34.3 Å². The fraction of sp³-hybridized carbons (Fsp3) is 0.158. The second-order valence-electron chi connectivity index (χ2n) is 5.90. The third-order valence-corrected chi connectivity index (χ3v) is 4.02. The molecule has 0 bridgehead atoms. The van der Waals surface area contributed by atoms with Gasteiger partial charge in [-0.05, 0) is 24.6 Å². The highest BCUT2D eigenvalue weighted by molar-refractivity contribution is 6.33. The Balaban J connectivity index is 1.90. The number of nitrogens with one attached hydrogen (secondary N) is 2. The van der Waals surface area contributed by atoms with Crippen molar-refractivity contribution in [3.05, 3.63) is 64.4 Å². The van der Waals surface area contributed by atoms with Gasteiger partial charge in [0.1, 0.15) is 5.82 Å². The summed E-state index contributed by atoms with van der Waals surface area (Å²) in [6.45, 7) is 2.84. The van der Waals surface area contributed by atoms with E-state index in [1.54, 1.807) is 12.3 Å². The number of aryl methyl sites for hydroxylation is 1. The second-order valence-corrected chi connectivity index (χ2v) is 6.31. The number of nitrogens with two attached hydrogens (primary N) is 1. The standard InChI is InChI=1S/C19H19ClFN7/c1-12-5-7-13(8-6-12)11-24-28-19-26-17(25-18(27-19)23-10-9-22)16-14(20)3-2-4-15(16)21/h2-8,11H,9-10,22H2,1H3,(H2,23,25,26,27,28)/b24-11+. The molecule has 0 unspecified atom stereocenters. The number of anilines is 2. The fourth-order valence-electron chi connectivity index (χ4n) is 2.33. The van der Waals surface area contributed by atoms with Crippen molar-refractivity contribution >= 4 is 29.7 Å². The zero-order valence-corrected chi connectivity index (χ0v) is 15.9. The number of nitrogens with zero attached hydrogens (tertiary/aromatic N) is 4. The van der Waals surface area contributed by atoms with Crippen molar-refractivity contribution in [3.63, 3.8) is 0 Å². The van der Waals surface area contributed by atoms with Crippen LogP contribution < -0.4 is 16.5 Å². The van der Waals surface area contributed by atoms with Crippen LogP contribution in [0.25, 0.3) is 11.4 Å². The summed E-state index contributed by atoms with van der Waals surface area (Å²) in [5.74, 6) is -0.0572. The molecule has 1 heterocycles. The molecule has 0 atom stereocenters. The van der Waals surface area contributed by atoms with Gasteiger partial charge in [0.05, 0.1) is 16.8 Å². The minimum absolute atomic E-state index is 0.0886. The molecule has 4 N–H and O–H groups in total. The first-order valence-corrected chi connectivity index (χ1v) is 8.95. The predicted octanol–water partition coefficient (Wildman–Crippen LogP) is 3.46. The van der Waals surface area contributed by atoms with E-state index in [0.717, 1.165) is 11.1 Å².